The molecule has 2 aliphatic rings. The van der Waals surface area contributed by atoms with E-state index in [0.717, 1.165) is 12.8 Å². The molecule has 0 aromatic heterocycles. The van der Waals surface area contributed by atoms with Crippen molar-refractivity contribution in [1.82, 2.24) is 0 Å². The molecule has 1 spiro atoms. The minimum Gasteiger partial charge on any atom is -0.374 e. The maximum Gasteiger partial charge on any atom is 0.0817 e. The van der Waals surface area contributed by atoms with E-state index in [1.54, 1.807) is 0 Å². The van der Waals surface area contributed by atoms with Crippen molar-refractivity contribution in [2.45, 2.75) is 122 Å². The molecule has 1 unspecified atom stereocenters. The third-order valence-electron chi connectivity index (χ3n) is 8.57. The zero-order valence-electron chi connectivity index (χ0n) is 22.7. The van der Waals surface area contributed by atoms with E-state index in [4.69, 9.17) is 9.47 Å². The van der Waals surface area contributed by atoms with Gasteiger partial charge >= 0.3 is 0 Å². The van der Waals surface area contributed by atoms with Crippen molar-refractivity contribution < 1.29 is 9.47 Å². The fourth-order valence-corrected chi connectivity index (χ4v) is 6.57. The lowest BCUT2D eigenvalue weighted by atomic mass is 9.55. The third kappa shape index (κ3) is 6.03. The van der Waals surface area contributed by atoms with E-state index in [1.165, 1.54) is 68.9 Å². The van der Waals surface area contributed by atoms with Crippen LogP contribution in [0.5, 0.6) is 0 Å². The Bertz CT molecular complexity index is 839. The summed E-state index contributed by atoms with van der Waals surface area (Å²) in [5.74, 6) is 0. The van der Waals surface area contributed by atoms with Gasteiger partial charge in [0.2, 0.25) is 0 Å². The molecule has 0 radical (unpaired) electrons. The summed E-state index contributed by atoms with van der Waals surface area (Å²) in [6.07, 6.45) is 14.1. The van der Waals surface area contributed by atoms with Crippen molar-refractivity contribution in [2.24, 2.45) is 5.41 Å². The Hall–Kier alpha value is -1.64. The number of hydrogen-bond acceptors (Lipinski definition) is 2. The van der Waals surface area contributed by atoms with Crippen molar-refractivity contribution in [1.29, 1.82) is 0 Å². The van der Waals surface area contributed by atoms with Crippen molar-refractivity contribution in [3.05, 3.63) is 71.8 Å². The maximum absolute atomic E-state index is 7.05. The van der Waals surface area contributed by atoms with Crippen LogP contribution in [0.4, 0.5) is 0 Å². The van der Waals surface area contributed by atoms with Crippen LogP contribution in [0.25, 0.3) is 0 Å². The summed E-state index contributed by atoms with van der Waals surface area (Å²) in [6.45, 7) is 10.2. The minimum absolute atomic E-state index is 0.0309. The SMILES string of the molecule is CCCCCCCC[C@H](OCC1CCC2(CC2)O1)C(c1ccccc1)(c1ccccc1)C(C)(C)C. The molecular formula is C33H48O2. The van der Waals surface area contributed by atoms with Gasteiger partial charge in [-0.25, -0.2) is 0 Å². The third-order valence-corrected chi connectivity index (χ3v) is 8.57. The van der Waals surface area contributed by atoms with E-state index in [9.17, 15) is 0 Å². The number of unbranched alkanes of at least 4 members (excludes halogenated alkanes) is 5. The van der Waals surface area contributed by atoms with Crippen LogP contribution < -0.4 is 0 Å². The second-order valence-electron chi connectivity index (χ2n) is 12.1. The summed E-state index contributed by atoms with van der Waals surface area (Å²) < 4.78 is 13.5. The highest BCUT2D eigenvalue weighted by atomic mass is 16.6. The molecule has 4 rings (SSSR count). The topological polar surface area (TPSA) is 18.5 Å². The van der Waals surface area contributed by atoms with Gasteiger partial charge in [0, 0.05) is 0 Å². The summed E-state index contributed by atoms with van der Waals surface area (Å²) in [5, 5.41) is 0. The van der Waals surface area contributed by atoms with E-state index in [2.05, 4.69) is 88.4 Å². The second kappa shape index (κ2) is 11.6. The zero-order valence-corrected chi connectivity index (χ0v) is 22.7. The molecule has 2 atom stereocenters. The standard InChI is InChI=1S/C33H48O2/c1-5-6-7-8-9-16-21-30(34-26-29-22-23-32(35-29)24-25-32)33(31(2,3)4,27-17-12-10-13-18-27)28-19-14-11-15-20-28/h10-15,17-20,29-30H,5-9,16,21-26H2,1-4H3/t29?,30-/m0/s1. The van der Waals surface area contributed by atoms with Gasteiger partial charge in [-0.05, 0) is 48.6 Å². The van der Waals surface area contributed by atoms with Gasteiger partial charge in [-0.1, -0.05) is 127 Å². The molecule has 2 aromatic rings. The van der Waals surface area contributed by atoms with Crippen molar-refractivity contribution in [3.63, 3.8) is 0 Å². The molecule has 1 saturated carbocycles. The molecule has 1 heterocycles. The highest BCUT2D eigenvalue weighted by Gasteiger charge is 2.53. The Kier molecular flexibility index (Phi) is 8.76. The first-order valence-corrected chi connectivity index (χ1v) is 14.3. The Morgan fingerprint density at radius 1 is 0.829 bits per heavy atom. The lowest BCUT2D eigenvalue weighted by Crippen LogP contribution is -2.52. The molecule has 192 valence electrons. The number of benzene rings is 2. The summed E-state index contributed by atoms with van der Waals surface area (Å²) in [5.41, 5.74) is 2.66. The molecule has 2 aromatic carbocycles. The molecule has 2 nitrogen and oxygen atoms in total. The largest absolute Gasteiger partial charge is 0.374 e. The van der Waals surface area contributed by atoms with Crippen LogP contribution in [0.1, 0.15) is 109 Å². The van der Waals surface area contributed by atoms with Crippen molar-refractivity contribution in [2.75, 3.05) is 6.61 Å². The van der Waals surface area contributed by atoms with E-state index < -0.39 is 0 Å². The molecule has 1 aliphatic heterocycles. The van der Waals surface area contributed by atoms with Crippen LogP contribution in [0, 0.1) is 5.41 Å². The van der Waals surface area contributed by atoms with Crippen LogP contribution in [-0.4, -0.2) is 24.4 Å². The van der Waals surface area contributed by atoms with E-state index >= 15 is 0 Å². The first-order valence-electron chi connectivity index (χ1n) is 14.3. The molecule has 0 amide bonds. The van der Waals surface area contributed by atoms with Gasteiger partial charge < -0.3 is 9.47 Å². The predicted octanol–water partition coefficient (Wildman–Crippen LogP) is 8.87. The first-order chi connectivity index (χ1) is 16.9. The first kappa shape index (κ1) is 26.4. The molecule has 2 heteroatoms. The van der Waals surface area contributed by atoms with Crippen molar-refractivity contribution in [3.8, 4) is 0 Å². The van der Waals surface area contributed by atoms with Crippen LogP contribution >= 0.6 is 0 Å². The Labute approximate surface area is 214 Å². The Balaban J connectivity index is 1.65. The van der Waals surface area contributed by atoms with Crippen LogP contribution in [0.3, 0.4) is 0 Å². The van der Waals surface area contributed by atoms with Crippen molar-refractivity contribution >= 4 is 0 Å². The lowest BCUT2D eigenvalue weighted by molar-refractivity contribution is -0.0852. The average Bonchev–Trinajstić information content (AvgIpc) is 3.49. The second-order valence-corrected chi connectivity index (χ2v) is 12.1. The summed E-state index contributed by atoms with van der Waals surface area (Å²) >= 11 is 0. The van der Waals surface area contributed by atoms with E-state index in [0.29, 0.717) is 6.61 Å². The Morgan fingerprint density at radius 2 is 1.40 bits per heavy atom. The van der Waals surface area contributed by atoms with Gasteiger partial charge in [-0.3, -0.25) is 0 Å². The van der Waals surface area contributed by atoms with Gasteiger partial charge in [0.25, 0.3) is 0 Å². The Morgan fingerprint density at radius 3 is 1.91 bits per heavy atom. The molecule has 1 saturated heterocycles. The van der Waals surface area contributed by atoms with Gasteiger partial charge in [-0.15, -0.1) is 0 Å². The predicted molar refractivity (Wildman–Crippen MR) is 147 cm³/mol. The summed E-state index contributed by atoms with van der Waals surface area (Å²) in [6, 6.07) is 22.3. The van der Waals surface area contributed by atoms with E-state index in [1.807, 2.05) is 0 Å². The maximum atomic E-state index is 7.05. The van der Waals surface area contributed by atoms with Gasteiger partial charge in [-0.2, -0.15) is 0 Å². The van der Waals surface area contributed by atoms with Crippen LogP contribution in [-0.2, 0) is 14.9 Å². The number of rotatable bonds is 13. The quantitative estimate of drug-likeness (QED) is 0.269. The van der Waals surface area contributed by atoms with E-state index in [-0.39, 0.29) is 28.6 Å². The monoisotopic (exact) mass is 476 g/mol. The molecule has 2 fully saturated rings. The molecular weight excluding hydrogens is 428 g/mol. The van der Waals surface area contributed by atoms with Gasteiger partial charge in [0.15, 0.2) is 0 Å². The fraction of sp³-hybridized carbons (Fsp3) is 0.636. The summed E-state index contributed by atoms with van der Waals surface area (Å²) in [4.78, 5) is 0. The fourth-order valence-electron chi connectivity index (χ4n) is 6.57. The van der Waals surface area contributed by atoms with Gasteiger partial charge in [0.05, 0.1) is 29.8 Å². The van der Waals surface area contributed by atoms with Gasteiger partial charge in [0.1, 0.15) is 0 Å². The normalized spacial score (nSPS) is 20.3. The number of ether oxygens (including phenoxy) is 2. The molecule has 1 aliphatic carbocycles. The molecule has 0 N–H and O–H groups in total. The highest BCUT2D eigenvalue weighted by molar-refractivity contribution is 5.43. The summed E-state index contributed by atoms with van der Waals surface area (Å²) in [7, 11) is 0. The smallest absolute Gasteiger partial charge is 0.0817 e. The average molecular weight is 477 g/mol. The highest BCUT2D eigenvalue weighted by Crippen LogP contribution is 2.53. The zero-order chi connectivity index (χ0) is 24.8. The lowest BCUT2D eigenvalue weighted by Gasteiger charge is -2.51. The van der Waals surface area contributed by atoms with Crippen LogP contribution in [0.2, 0.25) is 0 Å². The molecule has 35 heavy (non-hydrogen) atoms. The number of hydrogen-bond donors (Lipinski definition) is 0. The minimum atomic E-state index is -0.241. The molecule has 0 bridgehead atoms. The van der Waals surface area contributed by atoms with Crippen LogP contribution in [0.15, 0.2) is 60.7 Å².